The Bertz CT molecular complexity index is 932. The van der Waals surface area contributed by atoms with Crippen molar-refractivity contribution in [1.82, 2.24) is 14.9 Å². The minimum Gasteiger partial charge on any atom is -0.356 e. The quantitative estimate of drug-likeness (QED) is 0.326. The first kappa shape index (κ1) is 25.3. The Balaban J connectivity index is 0.00000420. The maximum absolute atomic E-state index is 13.2. The lowest BCUT2D eigenvalue weighted by Gasteiger charge is -2.14. The first-order valence-electron chi connectivity index (χ1n) is 8.95. The van der Waals surface area contributed by atoms with Crippen LogP contribution in [0, 0.1) is 12.7 Å². The molecule has 0 atom stereocenters. The van der Waals surface area contributed by atoms with Crippen molar-refractivity contribution in [2.45, 2.75) is 24.8 Å². The van der Waals surface area contributed by atoms with Gasteiger partial charge in [0.1, 0.15) is 5.82 Å². The van der Waals surface area contributed by atoms with Gasteiger partial charge in [-0.1, -0.05) is 18.2 Å². The molecule has 2 N–H and O–H groups in total. The molecule has 29 heavy (non-hydrogen) atoms. The second-order valence-electron chi connectivity index (χ2n) is 6.60. The first-order valence-corrected chi connectivity index (χ1v) is 10.4. The van der Waals surface area contributed by atoms with Crippen LogP contribution < -0.4 is 10.6 Å². The topological polar surface area (TPSA) is 73.8 Å². The fourth-order valence-corrected chi connectivity index (χ4v) is 3.55. The predicted octanol–water partition coefficient (Wildman–Crippen LogP) is 2.91. The number of hydrogen-bond donors (Lipinski definition) is 2. The van der Waals surface area contributed by atoms with Gasteiger partial charge >= 0.3 is 0 Å². The Labute approximate surface area is 189 Å². The molecule has 0 spiro atoms. The van der Waals surface area contributed by atoms with Crippen molar-refractivity contribution < 1.29 is 12.8 Å². The number of aliphatic imine (C=N–C) groups is 1. The molecule has 0 saturated heterocycles. The molecule has 2 rings (SSSR count). The SMILES string of the molecule is CN=C(NCCc1ccc(F)cc1C)NCc1ccc(S(=O)(=O)N(C)C)cc1.I. The van der Waals surface area contributed by atoms with E-state index in [2.05, 4.69) is 15.6 Å². The Hall–Kier alpha value is -1.72. The predicted molar refractivity (Wildman–Crippen MR) is 126 cm³/mol. The summed E-state index contributed by atoms with van der Waals surface area (Å²) in [7, 11) is 1.28. The summed E-state index contributed by atoms with van der Waals surface area (Å²) in [6.45, 7) is 3.06. The summed E-state index contributed by atoms with van der Waals surface area (Å²) in [5.41, 5.74) is 2.95. The highest BCUT2D eigenvalue weighted by atomic mass is 127. The molecular formula is C20H28FIN4O2S. The molecule has 2 aromatic carbocycles. The number of nitrogens with one attached hydrogen (secondary N) is 2. The monoisotopic (exact) mass is 534 g/mol. The highest BCUT2D eigenvalue weighted by Crippen LogP contribution is 2.14. The number of halogens is 2. The molecule has 0 saturated carbocycles. The van der Waals surface area contributed by atoms with Crippen molar-refractivity contribution in [1.29, 1.82) is 0 Å². The molecule has 0 unspecified atom stereocenters. The summed E-state index contributed by atoms with van der Waals surface area (Å²) < 4.78 is 38.5. The van der Waals surface area contributed by atoms with Gasteiger partial charge in [-0.05, 0) is 54.3 Å². The minimum atomic E-state index is -3.42. The second-order valence-corrected chi connectivity index (χ2v) is 8.76. The van der Waals surface area contributed by atoms with Gasteiger partial charge in [0.25, 0.3) is 0 Å². The molecule has 0 heterocycles. The molecule has 0 bridgehead atoms. The summed E-state index contributed by atoms with van der Waals surface area (Å²) in [4.78, 5) is 4.45. The number of benzene rings is 2. The molecule has 0 aromatic heterocycles. The van der Waals surface area contributed by atoms with E-state index in [1.165, 1.54) is 30.5 Å². The molecule has 9 heteroatoms. The molecule has 0 amide bonds. The average Bonchev–Trinajstić information content (AvgIpc) is 2.66. The van der Waals surface area contributed by atoms with Gasteiger partial charge in [0, 0.05) is 34.2 Å². The fraction of sp³-hybridized carbons (Fsp3) is 0.350. The van der Waals surface area contributed by atoms with Gasteiger partial charge in [0.2, 0.25) is 10.0 Å². The van der Waals surface area contributed by atoms with E-state index >= 15 is 0 Å². The number of guanidine groups is 1. The summed E-state index contributed by atoms with van der Waals surface area (Å²) in [6, 6.07) is 11.5. The highest BCUT2D eigenvalue weighted by molar-refractivity contribution is 14.0. The zero-order chi connectivity index (χ0) is 20.7. The first-order chi connectivity index (χ1) is 13.2. The van der Waals surface area contributed by atoms with Crippen LogP contribution in [0.15, 0.2) is 52.4 Å². The molecule has 0 fully saturated rings. The number of rotatable bonds is 7. The molecule has 160 valence electrons. The zero-order valence-electron chi connectivity index (χ0n) is 17.1. The van der Waals surface area contributed by atoms with Crippen LogP contribution in [-0.2, 0) is 23.0 Å². The summed E-state index contributed by atoms with van der Waals surface area (Å²) >= 11 is 0. The third kappa shape index (κ3) is 7.23. The summed E-state index contributed by atoms with van der Waals surface area (Å²) in [6.07, 6.45) is 0.754. The lowest BCUT2D eigenvalue weighted by molar-refractivity contribution is 0.520. The largest absolute Gasteiger partial charge is 0.356 e. The third-order valence-corrected chi connectivity index (χ3v) is 6.21. The van der Waals surface area contributed by atoms with Crippen molar-refractivity contribution in [2.75, 3.05) is 27.7 Å². The van der Waals surface area contributed by atoms with Crippen LogP contribution in [0.3, 0.4) is 0 Å². The van der Waals surface area contributed by atoms with Gasteiger partial charge in [-0.2, -0.15) is 0 Å². The Morgan fingerprint density at radius 1 is 1.10 bits per heavy atom. The molecule has 0 radical (unpaired) electrons. The van der Waals surface area contributed by atoms with E-state index in [1.807, 2.05) is 6.92 Å². The van der Waals surface area contributed by atoms with Crippen LogP contribution in [0.25, 0.3) is 0 Å². The molecule has 0 aliphatic heterocycles. The lowest BCUT2D eigenvalue weighted by Crippen LogP contribution is -2.37. The van der Waals surface area contributed by atoms with Crippen LogP contribution in [0.2, 0.25) is 0 Å². The van der Waals surface area contributed by atoms with E-state index in [9.17, 15) is 12.8 Å². The normalized spacial score (nSPS) is 11.9. The maximum Gasteiger partial charge on any atom is 0.242 e. The maximum atomic E-state index is 13.2. The fourth-order valence-electron chi connectivity index (χ4n) is 2.65. The van der Waals surface area contributed by atoms with E-state index in [4.69, 9.17) is 0 Å². The minimum absolute atomic E-state index is 0. The van der Waals surface area contributed by atoms with E-state index in [1.54, 1.807) is 37.4 Å². The molecule has 6 nitrogen and oxygen atoms in total. The summed E-state index contributed by atoms with van der Waals surface area (Å²) in [5.74, 6) is 0.417. The number of aryl methyl sites for hydroxylation is 1. The van der Waals surface area contributed by atoms with Crippen LogP contribution in [0.1, 0.15) is 16.7 Å². The number of hydrogen-bond acceptors (Lipinski definition) is 3. The average molecular weight is 534 g/mol. The standard InChI is InChI=1S/C20H27FN4O2S.HI/c1-15-13-18(21)8-7-17(15)11-12-23-20(22-2)24-14-16-5-9-19(10-6-16)28(26,27)25(3)4;/h5-10,13H,11-12,14H2,1-4H3,(H2,22,23,24);1H. The molecular weight excluding hydrogens is 506 g/mol. The highest BCUT2D eigenvalue weighted by Gasteiger charge is 2.16. The second kappa shape index (κ2) is 11.5. The van der Waals surface area contributed by atoms with E-state index in [0.717, 1.165) is 23.1 Å². The van der Waals surface area contributed by atoms with Crippen molar-refractivity contribution in [3.05, 3.63) is 65.0 Å². The number of nitrogens with zero attached hydrogens (tertiary/aromatic N) is 2. The Morgan fingerprint density at radius 2 is 1.76 bits per heavy atom. The van der Waals surface area contributed by atoms with Gasteiger partial charge in [0.15, 0.2) is 5.96 Å². The van der Waals surface area contributed by atoms with E-state index < -0.39 is 10.0 Å². The molecule has 0 aliphatic rings. The van der Waals surface area contributed by atoms with Crippen molar-refractivity contribution in [2.24, 2.45) is 4.99 Å². The lowest BCUT2D eigenvalue weighted by atomic mass is 10.1. The molecule has 2 aromatic rings. The van der Waals surface area contributed by atoms with Gasteiger partial charge in [0.05, 0.1) is 4.90 Å². The van der Waals surface area contributed by atoms with Gasteiger partial charge in [-0.15, -0.1) is 24.0 Å². The molecule has 0 aliphatic carbocycles. The van der Waals surface area contributed by atoms with Gasteiger partial charge < -0.3 is 10.6 Å². The third-order valence-electron chi connectivity index (χ3n) is 4.38. The van der Waals surface area contributed by atoms with Crippen LogP contribution in [0.5, 0.6) is 0 Å². The van der Waals surface area contributed by atoms with Crippen LogP contribution in [-0.4, -0.2) is 46.4 Å². The van der Waals surface area contributed by atoms with Gasteiger partial charge in [-0.3, -0.25) is 4.99 Å². The Morgan fingerprint density at radius 3 is 2.31 bits per heavy atom. The van der Waals surface area contributed by atoms with Crippen LogP contribution in [0.4, 0.5) is 4.39 Å². The Kier molecular flexibility index (Phi) is 10.0. The van der Waals surface area contributed by atoms with E-state index in [-0.39, 0.29) is 34.7 Å². The van der Waals surface area contributed by atoms with Crippen molar-refractivity contribution in [3.63, 3.8) is 0 Å². The zero-order valence-corrected chi connectivity index (χ0v) is 20.2. The van der Waals surface area contributed by atoms with Crippen LogP contribution >= 0.6 is 24.0 Å². The van der Waals surface area contributed by atoms with E-state index in [0.29, 0.717) is 19.0 Å². The van der Waals surface area contributed by atoms with Crippen molar-refractivity contribution >= 4 is 40.0 Å². The smallest absolute Gasteiger partial charge is 0.242 e. The summed E-state index contributed by atoms with van der Waals surface area (Å²) in [5, 5.41) is 6.42. The number of sulfonamides is 1. The van der Waals surface area contributed by atoms with Crippen molar-refractivity contribution in [3.8, 4) is 0 Å². The van der Waals surface area contributed by atoms with Gasteiger partial charge in [-0.25, -0.2) is 17.1 Å².